The molecule has 0 aliphatic carbocycles. The number of aromatic nitrogens is 2. The average molecular weight is 417 g/mol. The van der Waals surface area contributed by atoms with Crippen LogP contribution in [0.5, 0.6) is 0 Å². The summed E-state index contributed by atoms with van der Waals surface area (Å²) in [4.78, 5) is 34.0. The Morgan fingerprint density at radius 2 is 1.90 bits per heavy atom. The predicted octanol–water partition coefficient (Wildman–Crippen LogP) is 1.78. The number of carbonyl (C=O) groups excluding carboxylic acids is 2. The van der Waals surface area contributed by atoms with E-state index in [1.165, 1.54) is 30.5 Å². The second-order valence-electron chi connectivity index (χ2n) is 7.18. The van der Waals surface area contributed by atoms with Crippen molar-refractivity contribution in [1.82, 2.24) is 14.9 Å². The maximum Gasteiger partial charge on any atom is 0.264 e. The minimum atomic E-state index is -3.85. The molecule has 1 atom stereocenters. The Hall–Kier alpha value is -3.01. The molecule has 1 aliphatic heterocycles. The molecule has 1 fully saturated rings. The van der Waals surface area contributed by atoms with Gasteiger partial charge in [0.15, 0.2) is 0 Å². The molecule has 0 radical (unpaired) electrons. The molecular formula is C19H23N5O4S. The smallest absolute Gasteiger partial charge is 0.264 e. The van der Waals surface area contributed by atoms with Crippen LogP contribution in [-0.2, 0) is 19.6 Å². The largest absolute Gasteiger partial charge is 0.339 e. The molecule has 1 saturated heterocycles. The van der Waals surface area contributed by atoms with Gasteiger partial charge in [-0.15, -0.1) is 0 Å². The third kappa shape index (κ3) is 4.89. The van der Waals surface area contributed by atoms with Crippen LogP contribution in [0.15, 0.2) is 41.4 Å². The highest BCUT2D eigenvalue weighted by Gasteiger charge is 2.35. The van der Waals surface area contributed by atoms with E-state index in [1.54, 1.807) is 17.9 Å². The van der Waals surface area contributed by atoms with E-state index in [-0.39, 0.29) is 35.1 Å². The van der Waals surface area contributed by atoms with Crippen molar-refractivity contribution in [3.8, 4) is 0 Å². The molecule has 1 aromatic carbocycles. The van der Waals surface area contributed by atoms with Gasteiger partial charge in [-0.2, -0.15) is 0 Å². The first-order valence-electron chi connectivity index (χ1n) is 9.18. The monoisotopic (exact) mass is 417 g/mol. The van der Waals surface area contributed by atoms with Crippen LogP contribution in [0.25, 0.3) is 0 Å². The van der Waals surface area contributed by atoms with Crippen molar-refractivity contribution >= 4 is 33.5 Å². The number of benzene rings is 1. The number of hydrogen-bond acceptors (Lipinski definition) is 6. The van der Waals surface area contributed by atoms with Crippen LogP contribution in [0.4, 0.5) is 11.6 Å². The summed E-state index contributed by atoms with van der Waals surface area (Å²) >= 11 is 0. The van der Waals surface area contributed by atoms with E-state index >= 15 is 0 Å². The molecule has 0 bridgehead atoms. The third-order valence-electron chi connectivity index (χ3n) is 4.61. The highest BCUT2D eigenvalue weighted by Crippen LogP contribution is 2.22. The predicted molar refractivity (Wildman–Crippen MR) is 108 cm³/mol. The van der Waals surface area contributed by atoms with Crippen LogP contribution >= 0.6 is 0 Å². The van der Waals surface area contributed by atoms with Gasteiger partial charge < -0.3 is 10.2 Å². The molecule has 2 heterocycles. The number of anilines is 2. The molecule has 3 rings (SSSR count). The van der Waals surface area contributed by atoms with Crippen LogP contribution < -0.4 is 10.0 Å². The lowest BCUT2D eigenvalue weighted by Crippen LogP contribution is -2.33. The summed E-state index contributed by atoms with van der Waals surface area (Å²) < 4.78 is 27.3. The topological polar surface area (TPSA) is 121 Å². The van der Waals surface area contributed by atoms with Gasteiger partial charge in [0, 0.05) is 36.6 Å². The fraction of sp³-hybridized carbons (Fsp3) is 0.368. The molecule has 0 spiro atoms. The molecule has 2 amide bonds. The fourth-order valence-electron chi connectivity index (χ4n) is 3.05. The quantitative estimate of drug-likeness (QED) is 0.739. The molecule has 1 aromatic heterocycles. The number of rotatable bonds is 6. The van der Waals surface area contributed by atoms with E-state index in [4.69, 9.17) is 0 Å². The molecule has 0 unspecified atom stereocenters. The Kier molecular flexibility index (Phi) is 5.83. The van der Waals surface area contributed by atoms with E-state index in [2.05, 4.69) is 20.0 Å². The van der Waals surface area contributed by atoms with Crippen molar-refractivity contribution in [3.05, 3.63) is 42.2 Å². The highest BCUT2D eigenvalue weighted by molar-refractivity contribution is 7.92. The molecule has 2 aromatic rings. The number of nitrogens with one attached hydrogen (secondary N) is 2. The van der Waals surface area contributed by atoms with Gasteiger partial charge in [0.25, 0.3) is 10.0 Å². The number of sulfonamides is 1. The zero-order valence-corrected chi connectivity index (χ0v) is 17.2. The Balaban J connectivity index is 1.65. The van der Waals surface area contributed by atoms with Gasteiger partial charge in [-0.1, -0.05) is 0 Å². The lowest BCUT2D eigenvalue weighted by molar-refractivity contribution is -0.129. The van der Waals surface area contributed by atoms with Crippen molar-refractivity contribution in [3.63, 3.8) is 0 Å². The van der Waals surface area contributed by atoms with Gasteiger partial charge in [-0.05, 0) is 51.1 Å². The van der Waals surface area contributed by atoms with Crippen LogP contribution in [0.2, 0.25) is 0 Å². The Morgan fingerprint density at radius 1 is 1.21 bits per heavy atom. The zero-order valence-electron chi connectivity index (χ0n) is 16.4. The zero-order chi connectivity index (χ0) is 21.2. The summed E-state index contributed by atoms with van der Waals surface area (Å²) in [5, 5.41) is 2.74. The summed E-state index contributed by atoms with van der Waals surface area (Å²) in [6.07, 6.45) is 1.64. The van der Waals surface area contributed by atoms with Crippen molar-refractivity contribution in [2.45, 2.75) is 38.1 Å². The van der Waals surface area contributed by atoms with Gasteiger partial charge in [0.1, 0.15) is 0 Å². The SMILES string of the molecule is Cc1ccnc(NS(=O)(=O)c2ccc(NC(=O)[C@@H]3CC(=O)N(C(C)C)C3)cc2)n1. The molecule has 1 aliphatic rings. The Morgan fingerprint density at radius 3 is 2.48 bits per heavy atom. The standard InChI is InChI=1S/C19H23N5O4S/c1-12(2)24-11-14(10-17(24)25)18(26)22-15-4-6-16(7-5-15)29(27,28)23-19-20-9-8-13(3)21-19/h4-9,12,14H,10-11H2,1-3H3,(H,22,26)(H,20,21,23)/t14-/m1/s1. The number of hydrogen-bond donors (Lipinski definition) is 2. The van der Waals surface area contributed by atoms with Crippen LogP contribution in [-0.4, -0.2) is 47.7 Å². The molecule has 29 heavy (non-hydrogen) atoms. The van der Waals surface area contributed by atoms with Gasteiger partial charge in [-0.3, -0.25) is 9.59 Å². The minimum Gasteiger partial charge on any atom is -0.339 e. The van der Waals surface area contributed by atoms with E-state index in [0.29, 0.717) is 17.9 Å². The van der Waals surface area contributed by atoms with Gasteiger partial charge in [0.05, 0.1) is 10.8 Å². The summed E-state index contributed by atoms with van der Waals surface area (Å²) in [5.41, 5.74) is 1.09. The van der Waals surface area contributed by atoms with Gasteiger partial charge >= 0.3 is 0 Å². The van der Waals surface area contributed by atoms with Crippen molar-refractivity contribution < 1.29 is 18.0 Å². The van der Waals surface area contributed by atoms with Crippen molar-refractivity contribution in [1.29, 1.82) is 0 Å². The average Bonchev–Trinajstić information content (AvgIpc) is 3.04. The van der Waals surface area contributed by atoms with E-state index in [9.17, 15) is 18.0 Å². The first kappa shape index (κ1) is 20.7. The number of likely N-dealkylation sites (tertiary alicyclic amines) is 1. The maximum absolute atomic E-state index is 12.5. The minimum absolute atomic E-state index is 0.0111. The molecule has 2 N–H and O–H groups in total. The summed E-state index contributed by atoms with van der Waals surface area (Å²) in [6, 6.07) is 7.48. The summed E-state index contributed by atoms with van der Waals surface area (Å²) in [7, 11) is -3.85. The van der Waals surface area contributed by atoms with E-state index in [1.807, 2.05) is 13.8 Å². The van der Waals surface area contributed by atoms with Crippen molar-refractivity contribution in [2.75, 3.05) is 16.6 Å². The second-order valence-corrected chi connectivity index (χ2v) is 8.86. The fourth-order valence-corrected chi connectivity index (χ4v) is 4.00. The Bertz CT molecular complexity index is 1020. The van der Waals surface area contributed by atoms with Crippen LogP contribution in [0.3, 0.4) is 0 Å². The lowest BCUT2D eigenvalue weighted by atomic mass is 10.1. The van der Waals surface area contributed by atoms with Gasteiger partial charge in [0.2, 0.25) is 17.8 Å². The first-order valence-corrected chi connectivity index (χ1v) is 10.7. The molecule has 9 nitrogen and oxygen atoms in total. The molecule has 0 saturated carbocycles. The van der Waals surface area contributed by atoms with Gasteiger partial charge in [-0.25, -0.2) is 23.1 Å². The summed E-state index contributed by atoms with van der Waals surface area (Å²) in [6.45, 7) is 5.94. The van der Waals surface area contributed by atoms with E-state index in [0.717, 1.165) is 0 Å². The lowest BCUT2D eigenvalue weighted by Gasteiger charge is -2.20. The third-order valence-corrected chi connectivity index (χ3v) is 5.95. The number of aryl methyl sites for hydroxylation is 1. The highest BCUT2D eigenvalue weighted by atomic mass is 32.2. The molecular weight excluding hydrogens is 394 g/mol. The van der Waals surface area contributed by atoms with Crippen molar-refractivity contribution in [2.24, 2.45) is 5.92 Å². The first-order chi connectivity index (χ1) is 13.7. The van der Waals surface area contributed by atoms with Crippen LogP contribution in [0, 0.1) is 12.8 Å². The normalized spacial score (nSPS) is 16.9. The Labute approximate surface area is 169 Å². The summed E-state index contributed by atoms with van der Waals surface area (Å²) in [5.74, 6) is -0.731. The maximum atomic E-state index is 12.5. The van der Waals surface area contributed by atoms with E-state index < -0.39 is 15.9 Å². The molecule has 154 valence electrons. The molecule has 10 heteroatoms. The second kappa shape index (κ2) is 8.16. The van der Waals surface area contributed by atoms with Crippen LogP contribution in [0.1, 0.15) is 26.0 Å². The number of amides is 2. The number of carbonyl (C=O) groups is 2. The number of nitrogens with zero attached hydrogens (tertiary/aromatic N) is 3.